The van der Waals surface area contributed by atoms with Crippen LogP contribution in [0.2, 0.25) is 0 Å². The van der Waals surface area contributed by atoms with E-state index in [9.17, 15) is 4.79 Å². The van der Waals surface area contributed by atoms with E-state index in [1.807, 2.05) is 18.2 Å². The van der Waals surface area contributed by atoms with Crippen molar-refractivity contribution in [3.05, 3.63) is 29.8 Å². The van der Waals surface area contributed by atoms with Crippen LogP contribution in [-0.4, -0.2) is 12.9 Å². The van der Waals surface area contributed by atoms with Crippen molar-refractivity contribution in [1.82, 2.24) is 0 Å². The number of carbonyl (C=O) groups excluding carboxylic acids is 1. The topological polar surface area (TPSA) is 26.3 Å². The average Bonchev–Trinajstić information content (AvgIpc) is 2.38. The van der Waals surface area contributed by atoms with E-state index < -0.39 is 0 Å². The van der Waals surface area contributed by atoms with E-state index in [0.29, 0.717) is 11.7 Å². The fourth-order valence-electron chi connectivity index (χ4n) is 3.49. The normalized spacial score (nSPS) is 23.7. The number of benzene rings is 1. The van der Waals surface area contributed by atoms with Crippen molar-refractivity contribution in [3.8, 4) is 5.75 Å². The molecule has 0 bridgehead atoms. The zero-order valence-electron chi connectivity index (χ0n) is 13.1. The van der Waals surface area contributed by atoms with Gasteiger partial charge in [-0.25, -0.2) is 0 Å². The second-order valence-corrected chi connectivity index (χ2v) is 6.88. The van der Waals surface area contributed by atoms with Crippen molar-refractivity contribution in [3.63, 3.8) is 0 Å². The quantitative estimate of drug-likeness (QED) is 0.819. The first-order valence-corrected chi connectivity index (χ1v) is 7.58. The summed E-state index contributed by atoms with van der Waals surface area (Å²) in [6.07, 6.45) is 3.84. The molecule has 20 heavy (non-hydrogen) atoms. The van der Waals surface area contributed by atoms with Crippen LogP contribution in [0, 0.1) is 17.3 Å². The average molecular weight is 274 g/mol. The summed E-state index contributed by atoms with van der Waals surface area (Å²) >= 11 is 0. The molecule has 0 N–H and O–H groups in total. The lowest BCUT2D eigenvalue weighted by molar-refractivity contribution is -0.129. The Morgan fingerprint density at radius 1 is 1.25 bits per heavy atom. The van der Waals surface area contributed by atoms with Crippen LogP contribution < -0.4 is 4.74 Å². The van der Waals surface area contributed by atoms with Gasteiger partial charge in [0.1, 0.15) is 11.5 Å². The smallest absolute Gasteiger partial charge is 0.136 e. The lowest BCUT2D eigenvalue weighted by atomic mass is 9.66. The highest BCUT2D eigenvalue weighted by Crippen LogP contribution is 2.41. The molecule has 2 rings (SSSR count). The zero-order chi connectivity index (χ0) is 14.8. The Balaban J connectivity index is 2.16. The van der Waals surface area contributed by atoms with Crippen molar-refractivity contribution < 1.29 is 9.53 Å². The number of rotatable bonds is 4. The van der Waals surface area contributed by atoms with Crippen LogP contribution in [0.25, 0.3) is 0 Å². The van der Waals surface area contributed by atoms with E-state index in [-0.39, 0.29) is 11.3 Å². The first-order valence-electron chi connectivity index (χ1n) is 7.58. The molecule has 0 saturated heterocycles. The number of hydrogen-bond acceptors (Lipinski definition) is 2. The molecule has 110 valence electrons. The highest BCUT2D eigenvalue weighted by molar-refractivity contribution is 5.82. The molecule has 2 atom stereocenters. The van der Waals surface area contributed by atoms with Crippen LogP contribution in [0.3, 0.4) is 0 Å². The first-order chi connectivity index (χ1) is 9.44. The monoisotopic (exact) mass is 274 g/mol. The summed E-state index contributed by atoms with van der Waals surface area (Å²) in [6.45, 7) is 6.62. The molecular formula is C18H26O2. The first kappa shape index (κ1) is 15.1. The number of Topliss-reactive ketones (excluding diaryl/α,β-unsaturated/α-hetero) is 1. The van der Waals surface area contributed by atoms with E-state index in [0.717, 1.165) is 25.0 Å². The lowest BCUT2D eigenvalue weighted by Gasteiger charge is -2.37. The Morgan fingerprint density at radius 2 is 1.95 bits per heavy atom. The highest BCUT2D eigenvalue weighted by atomic mass is 16.5. The molecule has 1 fully saturated rings. The molecule has 1 aliphatic carbocycles. The van der Waals surface area contributed by atoms with Gasteiger partial charge in [-0.3, -0.25) is 4.79 Å². The molecule has 0 heterocycles. The van der Waals surface area contributed by atoms with Crippen LogP contribution in [0.4, 0.5) is 0 Å². The van der Waals surface area contributed by atoms with Crippen LogP contribution in [0.15, 0.2) is 24.3 Å². The number of methoxy groups -OCH3 is 1. The minimum Gasteiger partial charge on any atom is -0.496 e. The predicted octanol–water partition coefficient (Wildman–Crippen LogP) is 4.27. The van der Waals surface area contributed by atoms with Gasteiger partial charge in [0.2, 0.25) is 0 Å². The number of hydrogen-bond donors (Lipinski definition) is 0. The summed E-state index contributed by atoms with van der Waals surface area (Å²) < 4.78 is 5.44. The summed E-state index contributed by atoms with van der Waals surface area (Å²) in [7, 11) is 1.71. The molecule has 1 saturated carbocycles. The van der Waals surface area contributed by atoms with E-state index in [4.69, 9.17) is 4.74 Å². The third-order valence-corrected chi connectivity index (χ3v) is 4.67. The second-order valence-electron chi connectivity index (χ2n) is 6.88. The van der Waals surface area contributed by atoms with Gasteiger partial charge in [-0.2, -0.15) is 0 Å². The van der Waals surface area contributed by atoms with Crippen molar-refractivity contribution in [2.45, 2.75) is 46.5 Å². The minimum atomic E-state index is -0.00808. The van der Waals surface area contributed by atoms with Gasteiger partial charge >= 0.3 is 0 Å². The maximum atomic E-state index is 12.4. The van der Waals surface area contributed by atoms with Crippen molar-refractivity contribution >= 4 is 5.78 Å². The largest absolute Gasteiger partial charge is 0.496 e. The number of carbonyl (C=O) groups is 1. The van der Waals surface area contributed by atoms with Gasteiger partial charge in [-0.05, 0) is 42.2 Å². The van der Waals surface area contributed by atoms with E-state index in [1.54, 1.807) is 7.11 Å². The van der Waals surface area contributed by atoms with Gasteiger partial charge in [-0.1, -0.05) is 39.0 Å². The molecule has 1 aliphatic rings. The third kappa shape index (κ3) is 3.23. The van der Waals surface area contributed by atoms with E-state index in [2.05, 4.69) is 26.8 Å². The molecule has 2 unspecified atom stereocenters. The minimum absolute atomic E-state index is 0.00808. The maximum Gasteiger partial charge on any atom is 0.136 e. The molecule has 0 spiro atoms. The Bertz CT molecular complexity index is 476. The van der Waals surface area contributed by atoms with Crippen molar-refractivity contribution in [1.29, 1.82) is 0 Å². The molecule has 0 aromatic heterocycles. The van der Waals surface area contributed by atoms with Gasteiger partial charge < -0.3 is 4.74 Å². The molecule has 0 aliphatic heterocycles. The molecule has 2 heteroatoms. The zero-order valence-corrected chi connectivity index (χ0v) is 13.1. The summed E-state index contributed by atoms with van der Waals surface area (Å²) in [5.74, 6) is 2.12. The van der Waals surface area contributed by atoms with E-state index in [1.165, 1.54) is 12.0 Å². The van der Waals surface area contributed by atoms with Crippen LogP contribution in [-0.2, 0) is 11.2 Å². The molecule has 1 aromatic rings. The summed E-state index contributed by atoms with van der Waals surface area (Å²) in [6, 6.07) is 8.13. The second kappa shape index (κ2) is 5.99. The molecule has 0 amide bonds. The fourth-order valence-corrected chi connectivity index (χ4v) is 3.49. The van der Waals surface area contributed by atoms with Gasteiger partial charge in [0.25, 0.3) is 0 Å². The van der Waals surface area contributed by atoms with Crippen LogP contribution >= 0.6 is 0 Å². The lowest BCUT2D eigenvalue weighted by Crippen LogP contribution is -2.36. The Kier molecular flexibility index (Phi) is 4.52. The Morgan fingerprint density at radius 3 is 2.60 bits per heavy atom. The predicted molar refractivity (Wildman–Crippen MR) is 82.0 cm³/mol. The fraction of sp³-hybridized carbons (Fsp3) is 0.611. The van der Waals surface area contributed by atoms with Crippen molar-refractivity contribution in [2.24, 2.45) is 17.3 Å². The Hall–Kier alpha value is -1.31. The Labute approximate surface area is 122 Å². The highest BCUT2D eigenvalue weighted by Gasteiger charge is 2.38. The number of ketones is 1. The molecule has 1 aromatic carbocycles. The third-order valence-electron chi connectivity index (χ3n) is 4.67. The standard InChI is InChI=1S/C18H26O2/c1-13-9-10-15(16(19)11-13)18(2,3)12-14-7-5-6-8-17(14)20-4/h5-8,13,15H,9-12H2,1-4H3. The molecule has 0 radical (unpaired) electrons. The maximum absolute atomic E-state index is 12.4. The summed E-state index contributed by atoms with van der Waals surface area (Å²) in [5.41, 5.74) is 1.19. The van der Waals surface area contributed by atoms with Crippen LogP contribution in [0.1, 0.15) is 45.6 Å². The van der Waals surface area contributed by atoms with Crippen LogP contribution in [0.5, 0.6) is 5.75 Å². The van der Waals surface area contributed by atoms with Gasteiger partial charge in [-0.15, -0.1) is 0 Å². The van der Waals surface area contributed by atoms with Gasteiger partial charge in [0.15, 0.2) is 0 Å². The van der Waals surface area contributed by atoms with Crippen molar-refractivity contribution in [2.75, 3.05) is 7.11 Å². The van der Waals surface area contributed by atoms with E-state index >= 15 is 0 Å². The SMILES string of the molecule is COc1ccccc1CC(C)(C)C1CCC(C)CC1=O. The number of ether oxygens (including phenoxy) is 1. The molecule has 2 nitrogen and oxygen atoms in total. The van der Waals surface area contributed by atoms with Gasteiger partial charge in [0, 0.05) is 12.3 Å². The molecular weight excluding hydrogens is 248 g/mol. The number of para-hydroxylation sites is 1. The van der Waals surface area contributed by atoms with Gasteiger partial charge in [0.05, 0.1) is 7.11 Å². The summed E-state index contributed by atoms with van der Waals surface area (Å²) in [5, 5.41) is 0. The summed E-state index contributed by atoms with van der Waals surface area (Å²) in [4.78, 5) is 12.4.